The topological polar surface area (TPSA) is 95.9 Å². The molecule has 0 aliphatic rings. The van der Waals surface area contributed by atoms with E-state index >= 15 is 0 Å². The van der Waals surface area contributed by atoms with Gasteiger partial charge in [0.25, 0.3) is 0 Å². The number of hydrogen-bond acceptors (Lipinski definition) is 5. The Morgan fingerprint density at radius 3 is 1.04 bits per heavy atom. The summed E-state index contributed by atoms with van der Waals surface area (Å²) in [5, 5.41) is 23.2. The molecule has 1 amide bonds. The van der Waals surface area contributed by atoms with Crippen molar-refractivity contribution < 1.29 is 24.5 Å². The van der Waals surface area contributed by atoms with Crippen LogP contribution in [0.2, 0.25) is 0 Å². The zero-order valence-electron chi connectivity index (χ0n) is 45.9. The molecule has 0 aromatic heterocycles. The lowest BCUT2D eigenvalue weighted by Gasteiger charge is -2.20. The van der Waals surface area contributed by atoms with Crippen molar-refractivity contribution in [3.8, 4) is 0 Å². The molecule has 0 aromatic rings. The minimum absolute atomic E-state index is 0.0173. The van der Waals surface area contributed by atoms with Crippen molar-refractivity contribution in [2.45, 2.75) is 347 Å². The van der Waals surface area contributed by atoms with Gasteiger partial charge in [0.15, 0.2) is 0 Å². The molecule has 0 aromatic carbocycles. The summed E-state index contributed by atoms with van der Waals surface area (Å²) in [6.45, 7) is 4.89. The molecule has 0 rings (SSSR count). The van der Waals surface area contributed by atoms with Crippen LogP contribution in [0.1, 0.15) is 335 Å². The van der Waals surface area contributed by atoms with Crippen LogP contribution in [-0.2, 0) is 14.3 Å². The first-order valence-electron chi connectivity index (χ1n) is 30.6. The lowest BCUT2D eigenvalue weighted by atomic mass is 10.0. The highest BCUT2D eigenvalue weighted by molar-refractivity contribution is 5.76. The smallest absolute Gasteiger partial charge is 0.305 e. The Hall–Kier alpha value is -1.66. The zero-order chi connectivity index (χ0) is 49.3. The molecule has 3 N–H and O–H groups in total. The number of rotatable bonds is 57. The lowest BCUT2D eigenvalue weighted by Crippen LogP contribution is -2.45. The van der Waals surface area contributed by atoms with E-state index in [4.69, 9.17) is 4.74 Å². The van der Waals surface area contributed by atoms with E-state index in [1.54, 1.807) is 6.08 Å². The van der Waals surface area contributed by atoms with E-state index in [0.717, 1.165) is 57.8 Å². The van der Waals surface area contributed by atoms with Crippen LogP contribution in [0.4, 0.5) is 0 Å². The van der Waals surface area contributed by atoms with Gasteiger partial charge in [-0.05, 0) is 57.8 Å². The fourth-order valence-electron chi connectivity index (χ4n) is 9.51. The summed E-state index contributed by atoms with van der Waals surface area (Å²) in [7, 11) is 0. The molecular weight excluding hydrogens is 839 g/mol. The molecule has 0 aliphatic carbocycles. The van der Waals surface area contributed by atoms with E-state index in [1.807, 2.05) is 6.08 Å². The van der Waals surface area contributed by atoms with Crippen molar-refractivity contribution in [1.29, 1.82) is 0 Å². The van der Waals surface area contributed by atoms with E-state index < -0.39 is 12.1 Å². The van der Waals surface area contributed by atoms with Crippen molar-refractivity contribution in [3.63, 3.8) is 0 Å². The van der Waals surface area contributed by atoms with E-state index in [2.05, 4.69) is 31.3 Å². The SMILES string of the molecule is CCCCCCCCC/C=C\CCCCCCCC(=O)OCCCCCCCCCCCCCCC(=O)NC(CO)C(O)/C=C/CCCCCCCCCCCCCCCCCCCCCCC. The number of unbranched alkanes of at least 4 members (excludes halogenated alkanes) is 44. The summed E-state index contributed by atoms with van der Waals surface area (Å²) in [6.07, 6.45) is 70.6. The third-order valence-corrected chi connectivity index (χ3v) is 14.2. The fraction of sp³-hybridized carbons (Fsp3) is 0.903. The number of carbonyl (C=O) groups is 2. The molecule has 0 saturated heterocycles. The van der Waals surface area contributed by atoms with Crippen LogP contribution in [0.3, 0.4) is 0 Å². The van der Waals surface area contributed by atoms with Gasteiger partial charge in [-0.3, -0.25) is 9.59 Å². The standard InChI is InChI=1S/C62H119NO5/c1-3-5-7-9-11-13-15-17-19-21-22-23-24-25-26-27-28-30-34-38-42-46-50-54-60(65)59(58-64)63-61(66)55-51-47-43-39-35-32-33-37-41-45-49-53-57-68-62(67)56-52-48-44-40-36-31-29-20-18-16-14-12-10-8-6-4-2/h20,29,50,54,59-60,64-65H,3-19,21-28,30-49,51-53,55-58H2,1-2H3,(H,63,66)/b29-20-,54-50+. The number of allylic oxidation sites excluding steroid dienone is 3. The van der Waals surface area contributed by atoms with Gasteiger partial charge in [-0.1, -0.05) is 289 Å². The molecule has 0 saturated carbocycles. The first kappa shape index (κ1) is 66.3. The largest absolute Gasteiger partial charge is 0.466 e. The van der Waals surface area contributed by atoms with E-state index in [1.165, 1.54) is 250 Å². The highest BCUT2D eigenvalue weighted by Gasteiger charge is 2.18. The molecule has 68 heavy (non-hydrogen) atoms. The number of aliphatic hydroxyl groups is 2. The third kappa shape index (κ3) is 53.7. The van der Waals surface area contributed by atoms with Crippen molar-refractivity contribution in [2.75, 3.05) is 13.2 Å². The van der Waals surface area contributed by atoms with Crippen molar-refractivity contribution in [2.24, 2.45) is 0 Å². The number of hydrogen-bond donors (Lipinski definition) is 3. The minimum atomic E-state index is -0.856. The van der Waals surface area contributed by atoms with Crippen LogP contribution in [0.5, 0.6) is 0 Å². The maximum Gasteiger partial charge on any atom is 0.305 e. The molecular formula is C62H119NO5. The summed E-state index contributed by atoms with van der Waals surface area (Å²) in [5.74, 6) is -0.0980. The molecule has 6 nitrogen and oxygen atoms in total. The maximum atomic E-state index is 12.5. The third-order valence-electron chi connectivity index (χ3n) is 14.2. The molecule has 0 spiro atoms. The second-order valence-corrected chi connectivity index (χ2v) is 21.0. The van der Waals surface area contributed by atoms with Gasteiger partial charge in [-0.15, -0.1) is 0 Å². The van der Waals surface area contributed by atoms with Gasteiger partial charge >= 0.3 is 5.97 Å². The molecule has 0 heterocycles. The lowest BCUT2D eigenvalue weighted by molar-refractivity contribution is -0.143. The molecule has 0 bridgehead atoms. The fourth-order valence-corrected chi connectivity index (χ4v) is 9.51. The van der Waals surface area contributed by atoms with Gasteiger partial charge in [0.1, 0.15) is 0 Å². The Balaban J connectivity index is 3.48. The van der Waals surface area contributed by atoms with Crippen LogP contribution >= 0.6 is 0 Å². The quantitative estimate of drug-likeness (QED) is 0.0321. The van der Waals surface area contributed by atoms with Gasteiger partial charge in [-0.25, -0.2) is 0 Å². The summed E-state index contributed by atoms with van der Waals surface area (Å²) >= 11 is 0. The van der Waals surface area contributed by atoms with Crippen LogP contribution in [-0.4, -0.2) is 47.4 Å². The molecule has 0 radical (unpaired) electrons. The van der Waals surface area contributed by atoms with Gasteiger partial charge in [0.2, 0.25) is 5.91 Å². The molecule has 6 heteroatoms. The Labute approximate surface area is 424 Å². The van der Waals surface area contributed by atoms with Crippen LogP contribution in [0.15, 0.2) is 24.3 Å². The second-order valence-electron chi connectivity index (χ2n) is 21.0. The summed E-state index contributed by atoms with van der Waals surface area (Å²) in [4.78, 5) is 24.6. The zero-order valence-corrected chi connectivity index (χ0v) is 45.9. The number of amides is 1. The summed E-state index contributed by atoms with van der Waals surface area (Å²) in [6, 6.07) is -0.641. The maximum absolute atomic E-state index is 12.5. The first-order valence-corrected chi connectivity index (χ1v) is 30.6. The summed E-state index contributed by atoms with van der Waals surface area (Å²) in [5.41, 5.74) is 0. The van der Waals surface area contributed by atoms with Crippen LogP contribution in [0.25, 0.3) is 0 Å². The normalized spacial score (nSPS) is 12.7. The van der Waals surface area contributed by atoms with E-state index in [9.17, 15) is 19.8 Å². The number of aliphatic hydroxyl groups excluding tert-OH is 2. The minimum Gasteiger partial charge on any atom is -0.466 e. The van der Waals surface area contributed by atoms with Gasteiger partial charge < -0.3 is 20.3 Å². The van der Waals surface area contributed by atoms with Gasteiger partial charge in [-0.2, -0.15) is 0 Å². The predicted molar refractivity (Wildman–Crippen MR) is 296 cm³/mol. The van der Waals surface area contributed by atoms with Crippen molar-refractivity contribution >= 4 is 11.9 Å². The number of carbonyl (C=O) groups excluding carboxylic acids is 2. The Morgan fingerprint density at radius 1 is 0.397 bits per heavy atom. The molecule has 0 fully saturated rings. The van der Waals surface area contributed by atoms with Crippen molar-refractivity contribution in [3.05, 3.63) is 24.3 Å². The van der Waals surface area contributed by atoms with Crippen molar-refractivity contribution in [1.82, 2.24) is 5.32 Å². The number of ether oxygens (including phenoxy) is 1. The van der Waals surface area contributed by atoms with Gasteiger partial charge in [0, 0.05) is 12.8 Å². The van der Waals surface area contributed by atoms with E-state index in [0.29, 0.717) is 19.4 Å². The second kappa shape index (κ2) is 57.9. The predicted octanol–water partition coefficient (Wildman–Crippen LogP) is 19.0. The average Bonchev–Trinajstić information content (AvgIpc) is 3.34. The van der Waals surface area contributed by atoms with Crippen LogP contribution < -0.4 is 5.32 Å². The highest BCUT2D eigenvalue weighted by Crippen LogP contribution is 2.17. The van der Waals surface area contributed by atoms with E-state index in [-0.39, 0.29) is 18.5 Å². The Morgan fingerprint density at radius 2 is 0.691 bits per heavy atom. The molecule has 2 atom stereocenters. The number of esters is 1. The Bertz CT molecular complexity index is 1060. The molecule has 2 unspecified atom stereocenters. The highest BCUT2D eigenvalue weighted by atomic mass is 16.5. The molecule has 0 aliphatic heterocycles. The monoisotopic (exact) mass is 958 g/mol. The molecule has 402 valence electrons. The van der Waals surface area contributed by atoms with Gasteiger partial charge in [0.05, 0.1) is 25.4 Å². The average molecular weight is 959 g/mol. The first-order chi connectivity index (χ1) is 33.5. The van der Waals surface area contributed by atoms with Crippen LogP contribution in [0, 0.1) is 0 Å². The Kier molecular flexibility index (Phi) is 56.5. The number of nitrogens with one attached hydrogen (secondary N) is 1. The summed E-state index contributed by atoms with van der Waals surface area (Å²) < 4.78 is 5.47.